The van der Waals surface area contributed by atoms with Crippen molar-refractivity contribution >= 4 is 31.9 Å². The molecule has 0 bridgehead atoms. The van der Waals surface area contributed by atoms with Crippen LogP contribution < -0.4 is 0 Å². The first-order valence-electron chi connectivity index (χ1n) is 6.41. The van der Waals surface area contributed by atoms with Crippen molar-refractivity contribution in [1.29, 1.82) is 0 Å². The molecule has 0 aliphatic heterocycles. The average molecular weight is 384 g/mol. The Balaban J connectivity index is 2.33. The van der Waals surface area contributed by atoms with E-state index in [1.165, 1.54) is 12.1 Å². The van der Waals surface area contributed by atoms with Gasteiger partial charge in [0.1, 0.15) is 6.54 Å². The van der Waals surface area contributed by atoms with Crippen LogP contribution in [0.4, 0.5) is 0 Å². The van der Waals surface area contributed by atoms with Gasteiger partial charge in [-0.3, -0.25) is 4.79 Å². The van der Waals surface area contributed by atoms with Crippen LogP contribution in [-0.2, 0) is 21.4 Å². The summed E-state index contributed by atoms with van der Waals surface area (Å²) < 4.78 is 27.0. The van der Waals surface area contributed by atoms with E-state index < -0.39 is 22.5 Å². The van der Waals surface area contributed by atoms with E-state index in [0.717, 1.165) is 8.78 Å². The lowest BCUT2D eigenvalue weighted by Crippen LogP contribution is -2.35. The SMILES string of the molecule is O=C(O)CN(Cc1ccc(Br)cc1)S(=O)(=O)c1ccccc1. The highest BCUT2D eigenvalue weighted by Crippen LogP contribution is 2.19. The van der Waals surface area contributed by atoms with Gasteiger partial charge in [-0.15, -0.1) is 0 Å². The summed E-state index contributed by atoms with van der Waals surface area (Å²) in [7, 11) is -3.86. The zero-order chi connectivity index (χ0) is 16.2. The Hall–Kier alpha value is -1.70. The van der Waals surface area contributed by atoms with Crippen LogP contribution in [0.1, 0.15) is 5.56 Å². The zero-order valence-corrected chi connectivity index (χ0v) is 13.9. The number of carboxylic acids is 1. The van der Waals surface area contributed by atoms with Crippen LogP contribution in [0.25, 0.3) is 0 Å². The number of halogens is 1. The summed E-state index contributed by atoms with van der Waals surface area (Å²) in [5, 5.41) is 9.00. The first kappa shape index (κ1) is 16.7. The molecule has 0 aliphatic rings. The molecule has 2 rings (SSSR count). The molecule has 2 aromatic rings. The molecular weight excluding hydrogens is 370 g/mol. The third-order valence-electron chi connectivity index (χ3n) is 2.96. The largest absolute Gasteiger partial charge is 0.480 e. The average Bonchev–Trinajstić information content (AvgIpc) is 2.49. The molecule has 0 saturated heterocycles. The Kier molecular flexibility index (Phi) is 5.33. The fraction of sp³-hybridized carbons (Fsp3) is 0.133. The molecule has 116 valence electrons. The molecule has 0 fully saturated rings. The maximum Gasteiger partial charge on any atom is 0.318 e. The van der Waals surface area contributed by atoms with Crippen molar-refractivity contribution in [2.24, 2.45) is 0 Å². The van der Waals surface area contributed by atoms with Gasteiger partial charge in [-0.2, -0.15) is 4.31 Å². The number of sulfonamides is 1. The van der Waals surface area contributed by atoms with Gasteiger partial charge < -0.3 is 5.11 Å². The number of hydrogen-bond donors (Lipinski definition) is 1. The maximum absolute atomic E-state index is 12.6. The molecule has 0 amide bonds. The second kappa shape index (κ2) is 7.04. The minimum absolute atomic E-state index is 0.00317. The summed E-state index contributed by atoms with van der Waals surface area (Å²) in [6.45, 7) is -0.593. The minimum atomic E-state index is -3.86. The molecule has 0 aliphatic carbocycles. The summed E-state index contributed by atoms with van der Waals surface area (Å²) in [6, 6.07) is 14.9. The van der Waals surface area contributed by atoms with Crippen molar-refractivity contribution in [3.8, 4) is 0 Å². The van der Waals surface area contributed by atoms with Crippen LogP contribution in [-0.4, -0.2) is 30.3 Å². The standard InChI is InChI=1S/C15H14BrNO4S/c16-13-8-6-12(7-9-13)10-17(11-15(18)19)22(20,21)14-4-2-1-3-5-14/h1-9H,10-11H2,(H,18,19). The van der Waals surface area contributed by atoms with Gasteiger partial charge in [-0.1, -0.05) is 46.3 Å². The monoisotopic (exact) mass is 383 g/mol. The second-order valence-electron chi connectivity index (χ2n) is 4.61. The van der Waals surface area contributed by atoms with E-state index in [0.29, 0.717) is 5.56 Å². The van der Waals surface area contributed by atoms with E-state index in [-0.39, 0.29) is 11.4 Å². The molecule has 7 heteroatoms. The Labute approximate surface area is 137 Å². The Bertz CT molecular complexity index is 745. The fourth-order valence-electron chi connectivity index (χ4n) is 1.91. The van der Waals surface area contributed by atoms with Crippen molar-refractivity contribution < 1.29 is 18.3 Å². The van der Waals surface area contributed by atoms with Crippen LogP contribution in [0.2, 0.25) is 0 Å². The van der Waals surface area contributed by atoms with Gasteiger partial charge in [-0.05, 0) is 29.8 Å². The number of nitrogens with zero attached hydrogens (tertiary/aromatic N) is 1. The molecule has 1 N–H and O–H groups in total. The lowest BCUT2D eigenvalue weighted by Gasteiger charge is -2.20. The molecule has 22 heavy (non-hydrogen) atoms. The van der Waals surface area contributed by atoms with Gasteiger partial charge in [-0.25, -0.2) is 8.42 Å². The number of rotatable bonds is 6. The zero-order valence-electron chi connectivity index (χ0n) is 11.5. The molecule has 0 atom stereocenters. The van der Waals surface area contributed by atoms with E-state index >= 15 is 0 Å². The molecule has 2 aromatic carbocycles. The van der Waals surface area contributed by atoms with E-state index in [1.807, 2.05) is 0 Å². The summed E-state index contributed by atoms with van der Waals surface area (Å²) in [5.74, 6) is -1.20. The molecule has 0 radical (unpaired) electrons. The van der Waals surface area contributed by atoms with E-state index in [9.17, 15) is 13.2 Å². The van der Waals surface area contributed by atoms with Crippen molar-refractivity contribution in [2.45, 2.75) is 11.4 Å². The van der Waals surface area contributed by atoms with Gasteiger partial charge in [0.2, 0.25) is 10.0 Å². The number of aliphatic carboxylic acids is 1. The van der Waals surface area contributed by atoms with Gasteiger partial charge in [0, 0.05) is 11.0 Å². The van der Waals surface area contributed by atoms with E-state index in [2.05, 4.69) is 15.9 Å². The normalized spacial score (nSPS) is 11.5. The number of hydrogen-bond acceptors (Lipinski definition) is 3. The lowest BCUT2D eigenvalue weighted by molar-refractivity contribution is -0.137. The summed E-state index contributed by atoms with van der Waals surface area (Å²) in [5.41, 5.74) is 0.712. The van der Waals surface area contributed by atoms with Gasteiger partial charge in [0.25, 0.3) is 0 Å². The molecule has 0 aromatic heterocycles. The maximum atomic E-state index is 12.6. The third-order valence-corrected chi connectivity index (χ3v) is 5.30. The highest BCUT2D eigenvalue weighted by atomic mass is 79.9. The van der Waals surface area contributed by atoms with E-state index in [4.69, 9.17) is 5.11 Å². The van der Waals surface area contributed by atoms with Crippen molar-refractivity contribution in [1.82, 2.24) is 4.31 Å². The van der Waals surface area contributed by atoms with Crippen LogP contribution >= 0.6 is 15.9 Å². The van der Waals surface area contributed by atoms with Crippen LogP contribution in [0, 0.1) is 0 Å². The van der Waals surface area contributed by atoms with Crippen molar-refractivity contribution in [3.63, 3.8) is 0 Å². The van der Waals surface area contributed by atoms with Crippen LogP contribution in [0.15, 0.2) is 64.0 Å². The van der Waals surface area contributed by atoms with Crippen molar-refractivity contribution in [2.75, 3.05) is 6.54 Å². The predicted octanol–water partition coefficient (Wildman–Crippen LogP) is 2.72. The molecule has 0 unspecified atom stereocenters. The number of carboxylic acid groups (broad SMARTS) is 1. The van der Waals surface area contributed by atoms with Gasteiger partial charge in [0.15, 0.2) is 0 Å². The Morgan fingerprint density at radius 3 is 2.18 bits per heavy atom. The molecule has 0 saturated carbocycles. The third kappa shape index (κ3) is 4.16. The van der Waals surface area contributed by atoms with E-state index in [1.54, 1.807) is 42.5 Å². The molecule has 0 heterocycles. The highest BCUT2D eigenvalue weighted by Gasteiger charge is 2.26. The minimum Gasteiger partial charge on any atom is -0.480 e. The molecular formula is C15H14BrNO4S. The highest BCUT2D eigenvalue weighted by molar-refractivity contribution is 9.10. The quantitative estimate of drug-likeness (QED) is 0.831. The molecule has 5 nitrogen and oxygen atoms in total. The first-order valence-corrected chi connectivity index (χ1v) is 8.64. The smallest absolute Gasteiger partial charge is 0.318 e. The Morgan fingerprint density at radius 2 is 1.64 bits per heavy atom. The predicted molar refractivity (Wildman–Crippen MR) is 85.8 cm³/mol. The van der Waals surface area contributed by atoms with Crippen LogP contribution in [0.3, 0.4) is 0 Å². The topological polar surface area (TPSA) is 74.7 Å². The van der Waals surface area contributed by atoms with Gasteiger partial charge in [0.05, 0.1) is 4.90 Å². The van der Waals surface area contributed by atoms with Crippen molar-refractivity contribution in [3.05, 3.63) is 64.6 Å². The van der Waals surface area contributed by atoms with Crippen LogP contribution in [0.5, 0.6) is 0 Å². The van der Waals surface area contributed by atoms with Gasteiger partial charge >= 0.3 is 5.97 Å². The first-order chi connectivity index (χ1) is 10.4. The number of carbonyl (C=O) groups is 1. The second-order valence-corrected chi connectivity index (χ2v) is 7.46. The molecule has 0 spiro atoms. The fourth-order valence-corrected chi connectivity index (χ4v) is 3.57. The Morgan fingerprint density at radius 1 is 1.05 bits per heavy atom. The summed E-state index contributed by atoms with van der Waals surface area (Å²) >= 11 is 3.30. The lowest BCUT2D eigenvalue weighted by atomic mass is 10.2. The summed E-state index contributed by atoms with van der Waals surface area (Å²) in [4.78, 5) is 11.1. The number of benzene rings is 2. The summed E-state index contributed by atoms with van der Waals surface area (Å²) in [6.07, 6.45) is 0.